The van der Waals surface area contributed by atoms with Gasteiger partial charge < -0.3 is 14.4 Å². The maximum Gasteiger partial charge on any atom is 0.188 e. The van der Waals surface area contributed by atoms with Gasteiger partial charge in [-0.2, -0.15) is 0 Å². The van der Waals surface area contributed by atoms with E-state index >= 15 is 0 Å². The number of rotatable bonds is 3. The SMILES string of the molecule is CC1(C)OCC(C=O)N1c1nc(-c2ccc(Br)cc2)cs1. The van der Waals surface area contributed by atoms with E-state index in [1.165, 1.54) is 11.3 Å². The number of aromatic nitrogens is 1. The predicted molar refractivity (Wildman–Crippen MR) is 87.6 cm³/mol. The van der Waals surface area contributed by atoms with Crippen LogP contribution in [0.2, 0.25) is 0 Å². The van der Waals surface area contributed by atoms with E-state index in [0.717, 1.165) is 27.1 Å². The van der Waals surface area contributed by atoms with Gasteiger partial charge in [0.1, 0.15) is 18.1 Å². The minimum atomic E-state index is -0.513. The van der Waals surface area contributed by atoms with Crippen LogP contribution in [0, 0.1) is 0 Å². The Bertz CT molecular complexity index is 654. The standard InChI is InChI=1S/C15H15BrN2O2S/c1-15(2)18(12(7-19)8-20-15)14-17-13(9-21-14)10-3-5-11(16)6-4-10/h3-7,9,12H,8H2,1-2H3. The van der Waals surface area contributed by atoms with Crippen LogP contribution in [0.25, 0.3) is 11.3 Å². The molecule has 6 heteroatoms. The van der Waals surface area contributed by atoms with E-state index in [4.69, 9.17) is 4.74 Å². The van der Waals surface area contributed by atoms with E-state index < -0.39 is 5.72 Å². The summed E-state index contributed by atoms with van der Waals surface area (Å²) in [6.45, 7) is 4.32. The van der Waals surface area contributed by atoms with Gasteiger partial charge in [-0.3, -0.25) is 0 Å². The van der Waals surface area contributed by atoms with E-state index in [-0.39, 0.29) is 6.04 Å². The van der Waals surface area contributed by atoms with Gasteiger partial charge in [0.05, 0.1) is 12.3 Å². The average Bonchev–Trinajstić information content (AvgIpc) is 3.03. The summed E-state index contributed by atoms with van der Waals surface area (Å²) in [5, 5.41) is 2.82. The fraction of sp³-hybridized carbons (Fsp3) is 0.333. The van der Waals surface area contributed by atoms with Crippen molar-refractivity contribution in [3.05, 3.63) is 34.1 Å². The van der Waals surface area contributed by atoms with Gasteiger partial charge in [-0.05, 0) is 26.0 Å². The number of hydrogen-bond acceptors (Lipinski definition) is 5. The third-order valence-electron chi connectivity index (χ3n) is 3.51. The lowest BCUT2D eigenvalue weighted by Crippen LogP contribution is -2.44. The van der Waals surface area contributed by atoms with E-state index in [1.807, 2.05) is 48.4 Å². The summed E-state index contributed by atoms with van der Waals surface area (Å²) < 4.78 is 6.74. The number of nitrogens with zero attached hydrogens (tertiary/aromatic N) is 2. The average molecular weight is 367 g/mol. The van der Waals surface area contributed by atoms with Crippen LogP contribution in [0.4, 0.5) is 5.13 Å². The monoisotopic (exact) mass is 366 g/mol. The summed E-state index contributed by atoms with van der Waals surface area (Å²) in [7, 11) is 0. The molecule has 1 fully saturated rings. The van der Waals surface area contributed by atoms with Crippen LogP contribution in [0.3, 0.4) is 0 Å². The zero-order valence-corrected chi connectivity index (χ0v) is 14.1. The summed E-state index contributed by atoms with van der Waals surface area (Å²) in [5.74, 6) is 0. The summed E-state index contributed by atoms with van der Waals surface area (Å²) >= 11 is 4.96. The number of aldehydes is 1. The molecule has 2 aromatic rings. The Morgan fingerprint density at radius 2 is 2.14 bits per heavy atom. The van der Waals surface area contributed by atoms with Crippen molar-refractivity contribution in [2.75, 3.05) is 11.5 Å². The van der Waals surface area contributed by atoms with E-state index in [2.05, 4.69) is 20.9 Å². The fourth-order valence-corrected chi connectivity index (χ4v) is 3.72. The molecular weight excluding hydrogens is 352 g/mol. The van der Waals surface area contributed by atoms with Gasteiger partial charge in [0.15, 0.2) is 5.13 Å². The molecule has 2 heterocycles. The van der Waals surface area contributed by atoms with Crippen LogP contribution < -0.4 is 4.90 Å². The van der Waals surface area contributed by atoms with Crippen molar-refractivity contribution in [2.45, 2.75) is 25.6 Å². The highest BCUT2D eigenvalue weighted by Crippen LogP contribution is 2.36. The Labute approximate surface area is 135 Å². The molecule has 0 bridgehead atoms. The number of benzene rings is 1. The second-order valence-electron chi connectivity index (χ2n) is 5.35. The Balaban J connectivity index is 1.94. The normalized spacial score (nSPS) is 20.7. The first kappa shape index (κ1) is 14.7. The second-order valence-corrected chi connectivity index (χ2v) is 7.11. The first-order chi connectivity index (χ1) is 10.0. The fourth-order valence-electron chi connectivity index (χ4n) is 2.43. The van der Waals surface area contributed by atoms with Crippen molar-refractivity contribution >= 4 is 38.7 Å². The lowest BCUT2D eigenvalue weighted by Gasteiger charge is -2.31. The topological polar surface area (TPSA) is 42.4 Å². The summed E-state index contributed by atoms with van der Waals surface area (Å²) in [4.78, 5) is 17.9. The minimum Gasteiger partial charge on any atom is -0.354 e. The maximum absolute atomic E-state index is 11.2. The molecule has 1 saturated heterocycles. The van der Waals surface area contributed by atoms with E-state index in [9.17, 15) is 4.79 Å². The third kappa shape index (κ3) is 2.75. The summed E-state index contributed by atoms with van der Waals surface area (Å²) in [5.41, 5.74) is 1.46. The minimum absolute atomic E-state index is 0.274. The van der Waals surface area contributed by atoms with Crippen molar-refractivity contribution < 1.29 is 9.53 Å². The van der Waals surface area contributed by atoms with Crippen LogP contribution in [0.15, 0.2) is 34.1 Å². The van der Waals surface area contributed by atoms with Gasteiger partial charge in [-0.15, -0.1) is 11.3 Å². The van der Waals surface area contributed by atoms with Gasteiger partial charge >= 0.3 is 0 Å². The van der Waals surface area contributed by atoms with Crippen molar-refractivity contribution in [3.63, 3.8) is 0 Å². The first-order valence-electron chi connectivity index (χ1n) is 6.61. The van der Waals surface area contributed by atoms with Gasteiger partial charge in [0, 0.05) is 15.4 Å². The summed E-state index contributed by atoms with van der Waals surface area (Å²) in [6, 6.07) is 7.75. The molecule has 0 radical (unpaired) electrons. The highest BCUT2D eigenvalue weighted by atomic mass is 79.9. The quantitative estimate of drug-likeness (QED) is 0.776. The zero-order chi connectivity index (χ0) is 15.0. The maximum atomic E-state index is 11.2. The summed E-state index contributed by atoms with van der Waals surface area (Å²) in [6.07, 6.45) is 0.926. The largest absolute Gasteiger partial charge is 0.354 e. The highest BCUT2D eigenvalue weighted by Gasteiger charge is 2.42. The van der Waals surface area contributed by atoms with Crippen molar-refractivity contribution in [3.8, 4) is 11.3 Å². The van der Waals surface area contributed by atoms with Crippen molar-refractivity contribution in [1.82, 2.24) is 4.98 Å². The van der Waals surface area contributed by atoms with Crippen LogP contribution in [-0.2, 0) is 9.53 Å². The van der Waals surface area contributed by atoms with E-state index in [0.29, 0.717) is 6.61 Å². The van der Waals surface area contributed by atoms with Crippen molar-refractivity contribution in [2.24, 2.45) is 0 Å². The van der Waals surface area contributed by atoms with Crippen LogP contribution in [0.5, 0.6) is 0 Å². The Morgan fingerprint density at radius 3 is 2.81 bits per heavy atom. The molecule has 1 aliphatic rings. The molecule has 0 aliphatic carbocycles. The van der Waals surface area contributed by atoms with Gasteiger partial charge in [-0.25, -0.2) is 4.98 Å². The molecule has 0 amide bonds. The van der Waals surface area contributed by atoms with Crippen LogP contribution in [-0.4, -0.2) is 29.6 Å². The van der Waals surface area contributed by atoms with Gasteiger partial charge in [0.25, 0.3) is 0 Å². The number of thiazole rings is 1. The molecule has 1 aliphatic heterocycles. The molecule has 110 valence electrons. The zero-order valence-electron chi connectivity index (χ0n) is 11.7. The van der Waals surface area contributed by atoms with Gasteiger partial charge in [0.2, 0.25) is 0 Å². The molecule has 1 unspecified atom stereocenters. The first-order valence-corrected chi connectivity index (χ1v) is 8.28. The van der Waals surface area contributed by atoms with Crippen LogP contribution in [0.1, 0.15) is 13.8 Å². The highest BCUT2D eigenvalue weighted by molar-refractivity contribution is 9.10. The molecule has 0 saturated carbocycles. The molecule has 1 atom stereocenters. The lowest BCUT2D eigenvalue weighted by atomic mass is 10.2. The lowest BCUT2D eigenvalue weighted by molar-refractivity contribution is -0.108. The molecule has 4 nitrogen and oxygen atoms in total. The third-order valence-corrected chi connectivity index (χ3v) is 4.88. The Morgan fingerprint density at radius 1 is 1.43 bits per heavy atom. The molecule has 1 aromatic heterocycles. The predicted octanol–water partition coefficient (Wildman–Crippen LogP) is 3.71. The molecule has 21 heavy (non-hydrogen) atoms. The number of carbonyl (C=O) groups excluding carboxylic acids is 1. The number of carbonyl (C=O) groups is 1. The number of ether oxygens (including phenoxy) is 1. The second kappa shape index (κ2) is 5.51. The molecule has 0 spiro atoms. The van der Waals surface area contributed by atoms with Crippen LogP contribution >= 0.6 is 27.3 Å². The molecule has 0 N–H and O–H groups in total. The van der Waals surface area contributed by atoms with Crippen molar-refractivity contribution in [1.29, 1.82) is 0 Å². The number of hydrogen-bond donors (Lipinski definition) is 0. The molecular formula is C15H15BrN2O2S. The molecule has 1 aromatic carbocycles. The molecule has 3 rings (SSSR count). The van der Waals surface area contributed by atoms with E-state index in [1.54, 1.807) is 0 Å². The number of anilines is 1. The Hall–Kier alpha value is -1.24. The number of halogens is 1. The Kier molecular flexibility index (Phi) is 3.86. The van der Waals surface area contributed by atoms with Gasteiger partial charge in [-0.1, -0.05) is 28.1 Å². The smallest absolute Gasteiger partial charge is 0.188 e.